The first-order valence-corrected chi connectivity index (χ1v) is 13.3. The van der Waals surface area contributed by atoms with Crippen molar-refractivity contribution in [2.75, 3.05) is 34.3 Å². The first kappa shape index (κ1) is 25.7. The number of likely N-dealkylation sites (N-methyl/N-ethyl adjacent to an activating group) is 1. The van der Waals surface area contributed by atoms with Gasteiger partial charge >= 0.3 is 0 Å². The van der Waals surface area contributed by atoms with Crippen molar-refractivity contribution < 1.29 is 19.1 Å². The SMILES string of the molecule is CO[C@]12CC[C@H](NC(=O)CCCCCc3ccccc3)C[C@]1(c1cccc(O)c1)CC[N+](C)(C)C2. The number of ether oxygens (including phenoxy) is 1. The molecule has 1 aliphatic carbocycles. The first-order chi connectivity index (χ1) is 16.8. The zero-order chi connectivity index (χ0) is 24.9. The van der Waals surface area contributed by atoms with Crippen molar-refractivity contribution in [3.05, 3.63) is 65.7 Å². The molecule has 2 aromatic rings. The molecule has 4 rings (SSSR count). The zero-order valence-corrected chi connectivity index (χ0v) is 21.8. The van der Waals surface area contributed by atoms with Crippen molar-refractivity contribution in [1.82, 2.24) is 5.32 Å². The van der Waals surface area contributed by atoms with Gasteiger partial charge in [-0.05, 0) is 61.8 Å². The number of aryl methyl sites for hydroxylation is 1. The van der Waals surface area contributed by atoms with Gasteiger partial charge in [0.2, 0.25) is 5.91 Å². The number of hydrogen-bond acceptors (Lipinski definition) is 3. The van der Waals surface area contributed by atoms with Gasteiger partial charge in [0.05, 0.1) is 20.6 Å². The van der Waals surface area contributed by atoms with E-state index in [-0.39, 0.29) is 23.0 Å². The van der Waals surface area contributed by atoms with E-state index in [4.69, 9.17) is 4.74 Å². The van der Waals surface area contributed by atoms with Crippen molar-refractivity contribution in [2.24, 2.45) is 0 Å². The number of carbonyl (C=O) groups excluding carboxylic acids is 1. The molecule has 2 fully saturated rings. The maximum Gasteiger partial charge on any atom is 0.220 e. The fourth-order valence-corrected chi connectivity index (χ4v) is 6.73. The van der Waals surface area contributed by atoms with Gasteiger partial charge in [0.1, 0.15) is 17.9 Å². The number of phenolic OH excluding ortho intramolecular Hbond substituents is 1. The number of amides is 1. The number of likely N-dealkylation sites (tertiary alicyclic amines) is 1. The standard InChI is InChI=1S/C30H42N2O3/c1-32(2)20-19-29(25-14-10-15-27(33)21-25)22-26(17-18-30(29,23-32)35-3)31-28(34)16-9-5-8-13-24-11-6-4-7-12-24/h4,6-7,10-12,14-15,21,26H,5,8-9,13,16-20,22-23H2,1-3H3,(H-,31,33,34)/p+1/t26-,29-,30-/m0/s1. The van der Waals surface area contributed by atoms with E-state index in [2.05, 4.69) is 49.7 Å². The van der Waals surface area contributed by atoms with Gasteiger partial charge in [-0.15, -0.1) is 0 Å². The van der Waals surface area contributed by atoms with Crippen LogP contribution in [0.5, 0.6) is 5.75 Å². The van der Waals surface area contributed by atoms with Gasteiger partial charge in [-0.2, -0.15) is 0 Å². The minimum Gasteiger partial charge on any atom is -0.508 e. The monoisotopic (exact) mass is 479 g/mol. The van der Waals surface area contributed by atoms with E-state index in [1.165, 1.54) is 5.56 Å². The number of piperidine rings is 1. The molecule has 1 heterocycles. The predicted molar refractivity (Wildman–Crippen MR) is 140 cm³/mol. The van der Waals surface area contributed by atoms with Crippen LogP contribution in [-0.2, 0) is 21.4 Å². The highest BCUT2D eigenvalue weighted by Gasteiger charge is 2.62. The minimum absolute atomic E-state index is 0.131. The van der Waals surface area contributed by atoms with E-state index >= 15 is 0 Å². The van der Waals surface area contributed by atoms with Gasteiger partial charge in [-0.1, -0.05) is 48.9 Å². The lowest BCUT2D eigenvalue weighted by atomic mass is 9.54. The Hall–Kier alpha value is -2.37. The molecule has 1 saturated carbocycles. The Morgan fingerprint density at radius 2 is 1.89 bits per heavy atom. The summed E-state index contributed by atoms with van der Waals surface area (Å²) in [7, 11) is 6.40. The van der Waals surface area contributed by atoms with Crippen LogP contribution in [-0.4, -0.2) is 61.4 Å². The Bertz CT molecular complexity index is 992. The van der Waals surface area contributed by atoms with Crippen LogP contribution in [0.3, 0.4) is 0 Å². The summed E-state index contributed by atoms with van der Waals surface area (Å²) >= 11 is 0. The molecule has 0 aromatic heterocycles. The summed E-state index contributed by atoms with van der Waals surface area (Å²) in [5, 5.41) is 13.7. The van der Waals surface area contributed by atoms with E-state index in [1.807, 2.05) is 25.3 Å². The quantitative estimate of drug-likeness (QED) is 0.394. The van der Waals surface area contributed by atoms with Crippen molar-refractivity contribution in [1.29, 1.82) is 0 Å². The lowest BCUT2D eigenvalue weighted by Gasteiger charge is -2.60. The second-order valence-corrected chi connectivity index (χ2v) is 11.5. The summed E-state index contributed by atoms with van der Waals surface area (Å²) in [5.41, 5.74) is 1.98. The lowest BCUT2D eigenvalue weighted by molar-refractivity contribution is -0.905. The van der Waals surface area contributed by atoms with Gasteiger partial charge < -0.3 is 19.6 Å². The van der Waals surface area contributed by atoms with E-state index in [1.54, 1.807) is 6.07 Å². The second-order valence-electron chi connectivity index (χ2n) is 11.5. The third-order valence-electron chi connectivity index (χ3n) is 8.56. The molecule has 0 unspecified atom stereocenters. The predicted octanol–water partition coefficient (Wildman–Crippen LogP) is 4.97. The number of quaternary nitrogens is 1. The van der Waals surface area contributed by atoms with Crippen LogP contribution in [0.2, 0.25) is 0 Å². The maximum atomic E-state index is 12.9. The molecule has 2 N–H and O–H groups in total. The third-order valence-corrected chi connectivity index (χ3v) is 8.56. The summed E-state index contributed by atoms with van der Waals surface area (Å²) < 4.78 is 7.31. The van der Waals surface area contributed by atoms with Gasteiger partial charge in [-0.25, -0.2) is 0 Å². The molecule has 0 spiro atoms. The van der Waals surface area contributed by atoms with E-state index in [0.717, 1.165) is 74.5 Å². The van der Waals surface area contributed by atoms with Crippen molar-refractivity contribution in [3.63, 3.8) is 0 Å². The molecule has 1 amide bonds. The Kier molecular flexibility index (Phi) is 7.87. The van der Waals surface area contributed by atoms with Crippen LogP contribution in [0.15, 0.2) is 54.6 Å². The smallest absolute Gasteiger partial charge is 0.220 e. The fraction of sp³-hybridized carbons (Fsp3) is 0.567. The van der Waals surface area contributed by atoms with Crippen molar-refractivity contribution in [3.8, 4) is 5.75 Å². The zero-order valence-electron chi connectivity index (χ0n) is 21.8. The van der Waals surface area contributed by atoms with Gasteiger partial charge in [0.15, 0.2) is 0 Å². The largest absolute Gasteiger partial charge is 0.508 e. The molecule has 0 radical (unpaired) electrons. The lowest BCUT2D eigenvalue weighted by Crippen LogP contribution is -2.71. The number of carbonyl (C=O) groups is 1. The molecule has 190 valence electrons. The molecule has 1 aliphatic heterocycles. The van der Waals surface area contributed by atoms with Gasteiger partial charge in [0.25, 0.3) is 0 Å². The molecule has 2 aliphatic rings. The van der Waals surface area contributed by atoms with Crippen LogP contribution < -0.4 is 5.32 Å². The Balaban J connectivity index is 1.39. The molecule has 5 heteroatoms. The Morgan fingerprint density at radius 1 is 1.09 bits per heavy atom. The Morgan fingerprint density at radius 3 is 2.63 bits per heavy atom. The topological polar surface area (TPSA) is 58.6 Å². The number of unbranched alkanes of at least 4 members (excludes halogenated alkanes) is 2. The van der Waals surface area contributed by atoms with Crippen LogP contribution in [0.4, 0.5) is 0 Å². The number of hydrogen-bond donors (Lipinski definition) is 2. The second kappa shape index (κ2) is 10.7. The fourth-order valence-electron chi connectivity index (χ4n) is 6.73. The van der Waals surface area contributed by atoms with E-state index in [0.29, 0.717) is 12.2 Å². The minimum atomic E-state index is -0.304. The molecular weight excluding hydrogens is 436 g/mol. The number of methoxy groups -OCH3 is 1. The van der Waals surface area contributed by atoms with Gasteiger partial charge in [0, 0.05) is 31.4 Å². The molecule has 1 saturated heterocycles. The molecule has 2 aromatic carbocycles. The summed E-state index contributed by atoms with van der Waals surface area (Å²) in [6, 6.07) is 18.4. The van der Waals surface area contributed by atoms with Crippen LogP contribution >= 0.6 is 0 Å². The Labute approximate surface area is 211 Å². The number of aromatic hydroxyl groups is 1. The maximum absolute atomic E-state index is 12.9. The number of rotatable bonds is 9. The number of benzene rings is 2. The van der Waals surface area contributed by atoms with Crippen LogP contribution in [0.25, 0.3) is 0 Å². The molecular formula is C30H43N2O3+. The number of phenols is 1. The van der Waals surface area contributed by atoms with Crippen LogP contribution in [0.1, 0.15) is 62.5 Å². The summed E-state index contributed by atoms with van der Waals surface area (Å²) in [6.45, 7) is 1.98. The third kappa shape index (κ3) is 5.73. The molecule has 35 heavy (non-hydrogen) atoms. The van der Waals surface area contributed by atoms with Gasteiger partial charge in [-0.3, -0.25) is 4.79 Å². The van der Waals surface area contributed by atoms with Crippen molar-refractivity contribution in [2.45, 2.75) is 74.8 Å². The van der Waals surface area contributed by atoms with E-state index < -0.39 is 0 Å². The highest BCUT2D eigenvalue weighted by Crippen LogP contribution is 2.54. The van der Waals surface area contributed by atoms with E-state index in [9.17, 15) is 9.90 Å². The normalized spacial score (nSPS) is 27.7. The van der Waals surface area contributed by atoms with Crippen molar-refractivity contribution >= 4 is 5.91 Å². The molecule has 0 bridgehead atoms. The summed E-state index contributed by atoms with van der Waals surface area (Å²) in [5.74, 6) is 0.459. The average Bonchev–Trinajstić information content (AvgIpc) is 2.84. The highest BCUT2D eigenvalue weighted by atomic mass is 16.5. The first-order valence-electron chi connectivity index (χ1n) is 13.3. The average molecular weight is 480 g/mol. The number of nitrogens with zero attached hydrogens (tertiary/aromatic N) is 1. The molecule has 5 nitrogen and oxygen atoms in total. The number of fused-ring (bicyclic) bond motifs is 1. The number of nitrogens with one attached hydrogen (secondary N) is 1. The summed E-state index contributed by atoms with van der Waals surface area (Å²) in [6.07, 6.45) is 8.43. The summed E-state index contributed by atoms with van der Waals surface area (Å²) in [4.78, 5) is 12.9. The van der Waals surface area contributed by atoms with Crippen LogP contribution in [0, 0.1) is 0 Å². The molecule has 3 atom stereocenters. The highest BCUT2D eigenvalue weighted by molar-refractivity contribution is 5.76.